The largest absolute Gasteiger partial charge is 0.493 e. The van der Waals surface area contributed by atoms with E-state index in [1.165, 1.54) is 7.11 Å². The van der Waals surface area contributed by atoms with E-state index < -0.39 is 23.8 Å². The van der Waals surface area contributed by atoms with Gasteiger partial charge >= 0.3 is 0 Å². The van der Waals surface area contributed by atoms with E-state index in [-0.39, 0.29) is 19.1 Å². The van der Waals surface area contributed by atoms with Crippen LogP contribution in [0.25, 0.3) is 0 Å². The number of benzene rings is 1. The molecule has 2 fully saturated rings. The molecule has 2 aliphatic rings. The highest BCUT2D eigenvalue weighted by atomic mass is 16.5. The highest BCUT2D eigenvalue weighted by Gasteiger charge is 2.39. The molecule has 1 aliphatic heterocycles. The lowest BCUT2D eigenvalue weighted by molar-refractivity contribution is -0.138. The summed E-state index contributed by atoms with van der Waals surface area (Å²) in [5, 5.41) is 11.3. The molecule has 1 saturated heterocycles. The molecule has 1 aromatic carbocycles. The maximum absolute atomic E-state index is 12.6. The Labute approximate surface area is 157 Å². The minimum Gasteiger partial charge on any atom is -0.493 e. The Balaban J connectivity index is 1.72. The van der Waals surface area contributed by atoms with E-state index >= 15 is 0 Å². The number of nitrogens with zero attached hydrogens (tertiary/aromatic N) is 2. The molecule has 1 aromatic rings. The first kappa shape index (κ1) is 18.7. The van der Waals surface area contributed by atoms with Gasteiger partial charge in [0, 0.05) is 5.56 Å². The number of amides is 3. The molecule has 142 valence electrons. The maximum Gasteiger partial charge on any atom is 0.253 e. The van der Waals surface area contributed by atoms with Gasteiger partial charge in [-0.1, -0.05) is 0 Å². The number of likely N-dealkylation sites (tertiary alicyclic amines) is 1. The van der Waals surface area contributed by atoms with Gasteiger partial charge in [-0.3, -0.25) is 19.3 Å². The molecule has 1 atom stereocenters. The molecule has 0 unspecified atom stereocenters. The van der Waals surface area contributed by atoms with Crippen LogP contribution in [0.15, 0.2) is 18.2 Å². The Bertz CT molecular complexity index is 795. The van der Waals surface area contributed by atoms with Crippen molar-refractivity contribution in [3.8, 4) is 17.6 Å². The number of nitriles is 1. The lowest BCUT2D eigenvalue weighted by atomic mass is 10.1. The Kier molecular flexibility index (Phi) is 5.60. The number of methoxy groups -OCH3 is 1. The minimum atomic E-state index is -0.959. The van der Waals surface area contributed by atoms with Gasteiger partial charge < -0.3 is 14.8 Å². The second kappa shape index (κ2) is 8.08. The van der Waals surface area contributed by atoms with E-state index in [1.54, 1.807) is 24.3 Å². The Morgan fingerprint density at radius 2 is 2.04 bits per heavy atom. The fourth-order valence-corrected chi connectivity index (χ4v) is 3.37. The summed E-state index contributed by atoms with van der Waals surface area (Å²) in [5.74, 6) is -0.501. The average Bonchev–Trinajstić information content (AvgIpc) is 3.26. The molecule has 1 aliphatic carbocycles. The van der Waals surface area contributed by atoms with Crippen LogP contribution in [0.4, 0.5) is 0 Å². The fraction of sp³-hybridized carbons (Fsp3) is 0.474. The van der Waals surface area contributed by atoms with Crippen LogP contribution in [0.3, 0.4) is 0 Å². The van der Waals surface area contributed by atoms with Gasteiger partial charge in [-0.2, -0.15) is 5.26 Å². The molecule has 8 heteroatoms. The van der Waals surface area contributed by atoms with Crippen molar-refractivity contribution >= 4 is 17.7 Å². The standard InChI is InChI=1S/C19H21N3O5/c1-26-15-7-6-12(10-16(15)27-13-4-2-3-5-13)18(24)21-14-11-17(23)22(9-8-20)19(14)25/h6-7,10,13-14H,2-5,9,11H2,1H3,(H,21,24)/t14-/m0/s1. The van der Waals surface area contributed by atoms with Crippen molar-refractivity contribution in [1.29, 1.82) is 5.26 Å². The van der Waals surface area contributed by atoms with Crippen LogP contribution in [0.2, 0.25) is 0 Å². The number of rotatable bonds is 6. The average molecular weight is 371 g/mol. The Morgan fingerprint density at radius 3 is 2.70 bits per heavy atom. The molecule has 1 heterocycles. The second-order valence-corrected chi connectivity index (χ2v) is 6.60. The smallest absolute Gasteiger partial charge is 0.253 e. The maximum atomic E-state index is 12.6. The lowest BCUT2D eigenvalue weighted by Crippen LogP contribution is -2.41. The van der Waals surface area contributed by atoms with E-state index in [9.17, 15) is 14.4 Å². The summed E-state index contributed by atoms with van der Waals surface area (Å²) in [4.78, 5) is 37.4. The molecule has 0 radical (unpaired) electrons. The predicted octanol–water partition coefficient (Wildman–Crippen LogP) is 1.40. The summed E-state index contributed by atoms with van der Waals surface area (Å²) in [6.45, 7) is -0.314. The topological polar surface area (TPSA) is 109 Å². The van der Waals surface area contributed by atoms with Gasteiger partial charge in [-0.25, -0.2) is 0 Å². The van der Waals surface area contributed by atoms with Gasteiger partial charge in [0.15, 0.2) is 11.5 Å². The van der Waals surface area contributed by atoms with Gasteiger partial charge in [0.1, 0.15) is 12.6 Å². The van der Waals surface area contributed by atoms with Crippen LogP contribution in [-0.4, -0.2) is 48.4 Å². The van der Waals surface area contributed by atoms with Crippen LogP contribution in [-0.2, 0) is 9.59 Å². The fourth-order valence-electron chi connectivity index (χ4n) is 3.37. The van der Waals surface area contributed by atoms with Crippen molar-refractivity contribution in [2.24, 2.45) is 0 Å². The molecule has 0 bridgehead atoms. The summed E-state index contributed by atoms with van der Waals surface area (Å²) >= 11 is 0. The second-order valence-electron chi connectivity index (χ2n) is 6.60. The number of imide groups is 1. The zero-order chi connectivity index (χ0) is 19.4. The van der Waals surface area contributed by atoms with Crippen LogP contribution in [0.5, 0.6) is 11.5 Å². The SMILES string of the molecule is COc1ccc(C(=O)N[C@H]2CC(=O)N(CC#N)C2=O)cc1OC1CCCC1. The molecule has 3 rings (SSSR count). The van der Waals surface area contributed by atoms with E-state index in [0.29, 0.717) is 17.1 Å². The number of carbonyl (C=O) groups excluding carboxylic acids is 3. The summed E-state index contributed by atoms with van der Waals surface area (Å²) in [6.07, 6.45) is 4.12. The summed E-state index contributed by atoms with van der Waals surface area (Å²) < 4.78 is 11.3. The van der Waals surface area contributed by atoms with E-state index in [1.807, 2.05) is 0 Å². The minimum absolute atomic E-state index is 0.103. The van der Waals surface area contributed by atoms with Crippen LogP contribution < -0.4 is 14.8 Å². The molecule has 27 heavy (non-hydrogen) atoms. The van der Waals surface area contributed by atoms with Gasteiger partial charge in [0.25, 0.3) is 11.8 Å². The summed E-state index contributed by atoms with van der Waals surface area (Å²) in [7, 11) is 1.53. The van der Waals surface area contributed by atoms with E-state index in [0.717, 1.165) is 30.6 Å². The number of hydrogen-bond donors (Lipinski definition) is 1. The zero-order valence-corrected chi connectivity index (χ0v) is 15.1. The predicted molar refractivity (Wildman–Crippen MR) is 94.1 cm³/mol. The normalized spacial score (nSPS) is 19.9. The third-order valence-corrected chi connectivity index (χ3v) is 4.80. The Hall–Kier alpha value is -3.08. The van der Waals surface area contributed by atoms with Crippen LogP contribution in [0.1, 0.15) is 42.5 Å². The molecular formula is C19H21N3O5. The van der Waals surface area contributed by atoms with E-state index in [4.69, 9.17) is 14.7 Å². The van der Waals surface area contributed by atoms with Gasteiger partial charge in [0.2, 0.25) is 5.91 Å². The van der Waals surface area contributed by atoms with Gasteiger partial charge in [-0.05, 0) is 43.9 Å². The van der Waals surface area contributed by atoms with Crippen molar-refractivity contribution in [3.63, 3.8) is 0 Å². The number of nitrogens with one attached hydrogen (secondary N) is 1. The van der Waals surface area contributed by atoms with Crippen molar-refractivity contribution < 1.29 is 23.9 Å². The molecular weight excluding hydrogens is 350 g/mol. The summed E-state index contributed by atoms with van der Waals surface area (Å²) in [5.41, 5.74) is 0.308. The van der Waals surface area contributed by atoms with Crippen LogP contribution in [0, 0.1) is 11.3 Å². The van der Waals surface area contributed by atoms with Gasteiger partial charge in [-0.15, -0.1) is 0 Å². The van der Waals surface area contributed by atoms with Crippen molar-refractivity contribution in [2.75, 3.05) is 13.7 Å². The Morgan fingerprint density at radius 1 is 1.30 bits per heavy atom. The zero-order valence-electron chi connectivity index (χ0n) is 15.1. The van der Waals surface area contributed by atoms with E-state index in [2.05, 4.69) is 5.32 Å². The first-order valence-electron chi connectivity index (χ1n) is 8.90. The molecule has 8 nitrogen and oxygen atoms in total. The van der Waals surface area contributed by atoms with Gasteiger partial charge in [0.05, 0.1) is 25.7 Å². The molecule has 1 N–H and O–H groups in total. The van der Waals surface area contributed by atoms with Crippen LogP contribution >= 0.6 is 0 Å². The molecule has 0 aromatic heterocycles. The van der Waals surface area contributed by atoms with Crippen molar-refractivity contribution in [1.82, 2.24) is 10.2 Å². The van der Waals surface area contributed by atoms with Crippen molar-refractivity contribution in [3.05, 3.63) is 23.8 Å². The molecule has 1 saturated carbocycles. The lowest BCUT2D eigenvalue weighted by Gasteiger charge is -2.17. The summed E-state index contributed by atoms with van der Waals surface area (Å²) in [6, 6.07) is 5.61. The van der Waals surface area contributed by atoms with Crippen molar-refractivity contribution in [2.45, 2.75) is 44.2 Å². The highest BCUT2D eigenvalue weighted by Crippen LogP contribution is 2.32. The third-order valence-electron chi connectivity index (χ3n) is 4.80. The monoisotopic (exact) mass is 371 g/mol. The first-order valence-corrected chi connectivity index (χ1v) is 8.90. The third kappa shape index (κ3) is 4.03. The quantitative estimate of drug-likeness (QED) is 0.598. The number of ether oxygens (including phenoxy) is 2. The molecule has 3 amide bonds. The first-order chi connectivity index (χ1) is 13.0. The number of hydrogen-bond acceptors (Lipinski definition) is 6. The molecule has 0 spiro atoms. The highest BCUT2D eigenvalue weighted by molar-refractivity contribution is 6.08. The number of carbonyl (C=O) groups is 3.